The fourth-order valence-electron chi connectivity index (χ4n) is 1.53. The fourth-order valence-corrected chi connectivity index (χ4v) is 1.53. The number of nitrogens with one attached hydrogen (secondary N) is 1. The number of rotatable bonds is 5. The first kappa shape index (κ1) is 13.4. The summed E-state index contributed by atoms with van der Waals surface area (Å²) in [7, 11) is 1.53. The van der Waals surface area contributed by atoms with E-state index < -0.39 is 6.10 Å². The van der Waals surface area contributed by atoms with Crippen molar-refractivity contribution >= 4 is 17.4 Å². The van der Waals surface area contributed by atoms with Gasteiger partial charge in [-0.05, 0) is 24.6 Å². The Bertz CT molecular complexity index is 398. The Morgan fingerprint density at radius 2 is 1.82 bits per heavy atom. The molecule has 4 nitrogen and oxygen atoms in total. The Morgan fingerprint density at radius 3 is 2.24 bits per heavy atom. The van der Waals surface area contributed by atoms with Crippen LogP contribution < -0.4 is 5.32 Å². The van der Waals surface area contributed by atoms with Crippen LogP contribution in [-0.4, -0.2) is 24.9 Å². The lowest BCUT2D eigenvalue weighted by atomic mass is 10.1. The van der Waals surface area contributed by atoms with Gasteiger partial charge in [0.15, 0.2) is 5.78 Å². The van der Waals surface area contributed by atoms with Crippen molar-refractivity contribution in [3.63, 3.8) is 0 Å². The minimum atomic E-state index is -0.401. The first-order valence-corrected chi connectivity index (χ1v) is 5.42. The van der Waals surface area contributed by atoms with Crippen molar-refractivity contribution in [1.29, 1.82) is 0 Å². The van der Waals surface area contributed by atoms with Gasteiger partial charge in [-0.1, -0.05) is 12.1 Å². The highest BCUT2D eigenvalue weighted by Gasteiger charge is 2.13. The second-order valence-electron chi connectivity index (χ2n) is 3.92. The van der Waals surface area contributed by atoms with E-state index in [0.717, 1.165) is 11.3 Å². The summed E-state index contributed by atoms with van der Waals surface area (Å²) in [4.78, 5) is 22.0. The lowest BCUT2D eigenvalue weighted by molar-refractivity contribution is -0.126. The normalized spacial score (nSPS) is 11.9. The molecule has 0 heterocycles. The molecule has 1 aromatic rings. The summed E-state index contributed by atoms with van der Waals surface area (Å²) in [6, 6.07) is 7.37. The monoisotopic (exact) mass is 235 g/mol. The molecule has 1 atom stereocenters. The van der Waals surface area contributed by atoms with Gasteiger partial charge in [0.25, 0.3) is 0 Å². The maximum Gasteiger partial charge on any atom is 0.221 e. The Morgan fingerprint density at radius 1 is 1.24 bits per heavy atom. The number of amides is 1. The molecule has 0 unspecified atom stereocenters. The van der Waals surface area contributed by atoms with E-state index >= 15 is 0 Å². The van der Waals surface area contributed by atoms with E-state index in [2.05, 4.69) is 5.32 Å². The highest BCUT2D eigenvalue weighted by molar-refractivity contribution is 5.88. The van der Waals surface area contributed by atoms with Crippen LogP contribution >= 0.6 is 0 Å². The Hall–Kier alpha value is -1.68. The molecular weight excluding hydrogens is 218 g/mol. The molecule has 0 radical (unpaired) electrons. The number of methoxy groups -OCH3 is 1. The summed E-state index contributed by atoms with van der Waals surface area (Å²) in [5.41, 5.74) is 1.75. The van der Waals surface area contributed by atoms with Gasteiger partial charge in [-0.25, -0.2) is 0 Å². The molecule has 0 fully saturated rings. The van der Waals surface area contributed by atoms with Crippen LogP contribution in [0, 0.1) is 0 Å². The number of carbonyl (C=O) groups excluding carboxylic acids is 2. The lowest BCUT2D eigenvalue weighted by Crippen LogP contribution is -2.22. The first-order chi connectivity index (χ1) is 8.02. The number of benzene rings is 1. The van der Waals surface area contributed by atoms with E-state index in [1.54, 1.807) is 0 Å². The summed E-state index contributed by atoms with van der Waals surface area (Å²) < 4.78 is 5.09. The molecular formula is C13H17NO3. The largest absolute Gasteiger partial charge is 0.373 e. The zero-order valence-electron chi connectivity index (χ0n) is 10.3. The molecule has 0 aromatic heterocycles. The van der Waals surface area contributed by atoms with Crippen molar-refractivity contribution in [1.82, 2.24) is 0 Å². The highest BCUT2D eigenvalue weighted by atomic mass is 16.5. The number of carbonyl (C=O) groups is 2. The van der Waals surface area contributed by atoms with Crippen molar-refractivity contribution in [2.75, 3.05) is 12.4 Å². The predicted molar refractivity (Wildman–Crippen MR) is 65.9 cm³/mol. The van der Waals surface area contributed by atoms with Crippen LogP contribution in [0.2, 0.25) is 0 Å². The van der Waals surface area contributed by atoms with E-state index in [0.29, 0.717) is 6.42 Å². The molecule has 0 spiro atoms. The summed E-state index contributed by atoms with van der Waals surface area (Å²) in [6.45, 7) is 2.98. The van der Waals surface area contributed by atoms with Gasteiger partial charge >= 0.3 is 0 Å². The third kappa shape index (κ3) is 4.36. The Kier molecular flexibility index (Phi) is 4.84. The second-order valence-corrected chi connectivity index (χ2v) is 3.92. The molecule has 0 aliphatic carbocycles. The molecule has 92 valence electrons. The van der Waals surface area contributed by atoms with Crippen molar-refractivity contribution in [2.24, 2.45) is 0 Å². The number of hydrogen-bond acceptors (Lipinski definition) is 3. The Balaban J connectivity index is 2.67. The quantitative estimate of drug-likeness (QED) is 0.846. The molecule has 1 amide bonds. The summed E-state index contributed by atoms with van der Waals surface area (Å²) in [6.07, 6.45) is 0.147. The number of Topliss-reactive ketones (excluding diaryl/α,β-unsaturated/α-hetero) is 1. The van der Waals surface area contributed by atoms with E-state index in [1.807, 2.05) is 24.3 Å². The van der Waals surface area contributed by atoms with E-state index in [9.17, 15) is 9.59 Å². The lowest BCUT2D eigenvalue weighted by Gasteiger charge is -2.12. The number of ether oxygens (including phenoxy) is 1. The van der Waals surface area contributed by atoms with Crippen LogP contribution in [0.3, 0.4) is 0 Å². The van der Waals surface area contributed by atoms with Crippen molar-refractivity contribution in [2.45, 2.75) is 26.4 Å². The molecule has 1 rings (SSSR count). The van der Waals surface area contributed by atoms with Gasteiger partial charge in [0, 0.05) is 26.1 Å². The average molecular weight is 235 g/mol. The Labute approximate surface area is 101 Å². The van der Waals surface area contributed by atoms with Crippen LogP contribution in [-0.2, 0) is 20.7 Å². The number of hydrogen-bond donors (Lipinski definition) is 1. The molecule has 4 heteroatoms. The fraction of sp³-hybridized carbons (Fsp3) is 0.385. The van der Waals surface area contributed by atoms with Gasteiger partial charge in [0.2, 0.25) is 5.91 Å². The van der Waals surface area contributed by atoms with Crippen LogP contribution in [0.4, 0.5) is 5.69 Å². The van der Waals surface area contributed by atoms with Crippen LogP contribution in [0.25, 0.3) is 0 Å². The molecule has 0 bridgehead atoms. The van der Waals surface area contributed by atoms with Gasteiger partial charge in [-0.15, -0.1) is 0 Å². The van der Waals surface area contributed by atoms with E-state index in [4.69, 9.17) is 4.74 Å². The average Bonchev–Trinajstić information content (AvgIpc) is 2.26. The van der Waals surface area contributed by atoms with Crippen LogP contribution in [0.1, 0.15) is 19.4 Å². The summed E-state index contributed by atoms with van der Waals surface area (Å²) >= 11 is 0. The molecule has 0 saturated heterocycles. The maximum atomic E-state index is 11.2. The zero-order valence-corrected chi connectivity index (χ0v) is 10.3. The zero-order chi connectivity index (χ0) is 12.8. The first-order valence-electron chi connectivity index (χ1n) is 5.42. The van der Waals surface area contributed by atoms with Gasteiger partial charge in [0.05, 0.1) is 0 Å². The van der Waals surface area contributed by atoms with Crippen molar-refractivity contribution in [3.05, 3.63) is 29.8 Å². The third-order valence-corrected chi connectivity index (χ3v) is 2.43. The molecule has 0 aliphatic heterocycles. The van der Waals surface area contributed by atoms with Crippen LogP contribution in [0.5, 0.6) is 0 Å². The molecule has 0 saturated carbocycles. The molecule has 1 aromatic carbocycles. The van der Waals surface area contributed by atoms with Gasteiger partial charge in [-0.2, -0.15) is 0 Å². The topological polar surface area (TPSA) is 55.4 Å². The number of ketones is 1. The standard InChI is InChI=1S/C13H17NO3/c1-9(15)13(17-3)8-11-4-6-12(7-5-11)14-10(2)16/h4-7,13H,8H2,1-3H3,(H,14,16)/t13-/m0/s1. The summed E-state index contributed by atoms with van der Waals surface area (Å²) in [5.74, 6) is -0.0882. The van der Waals surface area contributed by atoms with E-state index in [-0.39, 0.29) is 11.7 Å². The van der Waals surface area contributed by atoms with Crippen molar-refractivity contribution in [3.8, 4) is 0 Å². The second kappa shape index (κ2) is 6.15. The third-order valence-electron chi connectivity index (χ3n) is 2.43. The maximum absolute atomic E-state index is 11.2. The van der Waals surface area contributed by atoms with Crippen LogP contribution in [0.15, 0.2) is 24.3 Å². The van der Waals surface area contributed by atoms with Gasteiger partial charge < -0.3 is 10.1 Å². The van der Waals surface area contributed by atoms with Gasteiger partial charge in [0.1, 0.15) is 6.10 Å². The smallest absolute Gasteiger partial charge is 0.221 e. The van der Waals surface area contributed by atoms with Crippen molar-refractivity contribution < 1.29 is 14.3 Å². The molecule has 17 heavy (non-hydrogen) atoms. The van der Waals surface area contributed by atoms with Gasteiger partial charge in [-0.3, -0.25) is 9.59 Å². The van der Waals surface area contributed by atoms with E-state index in [1.165, 1.54) is 21.0 Å². The SMILES string of the molecule is CO[C@@H](Cc1ccc(NC(C)=O)cc1)C(C)=O. The summed E-state index contributed by atoms with van der Waals surface area (Å²) in [5, 5.41) is 2.68. The minimum absolute atomic E-state index is 0.0124. The molecule has 0 aliphatic rings. The minimum Gasteiger partial charge on any atom is -0.373 e. The highest BCUT2D eigenvalue weighted by Crippen LogP contribution is 2.12. The number of anilines is 1. The molecule has 1 N–H and O–H groups in total. The predicted octanol–water partition coefficient (Wildman–Crippen LogP) is 1.79.